The maximum atomic E-state index is 12.5. The lowest BCUT2D eigenvalue weighted by Crippen LogP contribution is -2.12. The Morgan fingerprint density at radius 2 is 1.74 bits per heavy atom. The minimum Gasteiger partial charge on any atom is -0.506 e. The first kappa shape index (κ1) is 23.7. The summed E-state index contributed by atoms with van der Waals surface area (Å²) < 4.78 is 11.0. The summed E-state index contributed by atoms with van der Waals surface area (Å²) in [6, 6.07) is 24.2. The van der Waals surface area contributed by atoms with E-state index in [1.807, 2.05) is 78.9 Å². The highest BCUT2D eigenvalue weighted by Gasteiger charge is 2.33. The van der Waals surface area contributed by atoms with Gasteiger partial charge in [0, 0.05) is 10.6 Å². The first-order valence-corrected chi connectivity index (χ1v) is 11.8. The zero-order chi connectivity index (χ0) is 23.9. The van der Waals surface area contributed by atoms with Crippen molar-refractivity contribution < 1.29 is 19.4 Å². The van der Waals surface area contributed by atoms with E-state index in [0.29, 0.717) is 33.0 Å². The molecule has 0 spiro atoms. The summed E-state index contributed by atoms with van der Waals surface area (Å²) in [6.07, 6.45) is 1.80. The summed E-state index contributed by atoms with van der Waals surface area (Å²) in [7, 11) is 0. The molecule has 5 nitrogen and oxygen atoms in total. The molecule has 0 radical (unpaired) electrons. The van der Waals surface area contributed by atoms with E-state index in [4.69, 9.17) is 21.1 Å². The number of para-hydroxylation sites is 1. The lowest BCUT2D eigenvalue weighted by Gasteiger charge is -2.08. The number of aliphatic hydroxyl groups is 1. The first-order chi connectivity index (χ1) is 16.5. The van der Waals surface area contributed by atoms with Gasteiger partial charge in [-0.15, -0.1) is 0 Å². The molecule has 34 heavy (non-hydrogen) atoms. The fourth-order valence-corrected chi connectivity index (χ4v) is 4.43. The highest BCUT2D eigenvalue weighted by Crippen LogP contribution is 2.40. The van der Waals surface area contributed by atoms with Gasteiger partial charge in [0.1, 0.15) is 28.7 Å². The van der Waals surface area contributed by atoms with Gasteiger partial charge >= 0.3 is 5.97 Å². The van der Waals surface area contributed by atoms with Crippen molar-refractivity contribution in [1.82, 2.24) is 0 Å². The van der Waals surface area contributed by atoms with Gasteiger partial charge in [0.15, 0.2) is 0 Å². The number of nitrogens with zero attached hydrogens (tertiary/aromatic N) is 1. The highest BCUT2D eigenvalue weighted by atomic mass is 35.5. The number of carbonyl (C=O) groups is 1. The lowest BCUT2D eigenvalue weighted by molar-refractivity contribution is -0.138. The van der Waals surface area contributed by atoms with E-state index in [9.17, 15) is 9.90 Å². The van der Waals surface area contributed by atoms with Crippen LogP contribution in [0.4, 0.5) is 5.69 Å². The molecule has 0 aromatic heterocycles. The molecule has 0 atom stereocenters. The maximum absolute atomic E-state index is 12.5. The van der Waals surface area contributed by atoms with E-state index < -0.39 is 5.97 Å². The third-order valence-electron chi connectivity index (χ3n) is 4.89. The number of hydrogen-bond acceptors (Lipinski definition) is 6. The zero-order valence-corrected chi connectivity index (χ0v) is 20.0. The Morgan fingerprint density at radius 3 is 2.44 bits per heavy atom. The minimum atomic E-state index is -0.603. The molecular weight excluding hydrogens is 470 g/mol. The molecule has 7 heteroatoms. The van der Waals surface area contributed by atoms with Gasteiger partial charge in [-0.25, -0.2) is 9.79 Å². The zero-order valence-electron chi connectivity index (χ0n) is 18.4. The normalized spacial score (nSPS) is 15.7. The monoisotopic (exact) mass is 491 g/mol. The first-order valence-electron chi connectivity index (χ1n) is 10.7. The van der Waals surface area contributed by atoms with E-state index in [-0.39, 0.29) is 17.9 Å². The average molecular weight is 492 g/mol. The van der Waals surface area contributed by atoms with Crippen LogP contribution >= 0.6 is 23.4 Å². The van der Waals surface area contributed by atoms with E-state index in [0.717, 1.165) is 11.1 Å². The predicted molar refractivity (Wildman–Crippen MR) is 138 cm³/mol. The fourth-order valence-electron chi connectivity index (χ4n) is 3.20. The smallest absolute Gasteiger partial charge is 0.344 e. The molecule has 0 fully saturated rings. The minimum absolute atomic E-state index is 0.0710. The second-order valence-corrected chi connectivity index (χ2v) is 8.69. The van der Waals surface area contributed by atoms with Gasteiger partial charge in [-0.1, -0.05) is 71.9 Å². The summed E-state index contributed by atoms with van der Waals surface area (Å²) >= 11 is 7.40. The topological polar surface area (TPSA) is 68.1 Å². The van der Waals surface area contributed by atoms with Gasteiger partial charge < -0.3 is 14.6 Å². The number of halogens is 1. The molecule has 0 bridgehead atoms. The van der Waals surface area contributed by atoms with E-state index in [1.54, 1.807) is 13.0 Å². The number of carbonyl (C=O) groups excluding carboxylic acids is 1. The summed E-state index contributed by atoms with van der Waals surface area (Å²) in [5, 5.41) is 11.9. The van der Waals surface area contributed by atoms with Crippen molar-refractivity contribution in [2.75, 3.05) is 6.61 Å². The summed E-state index contributed by atoms with van der Waals surface area (Å²) in [5.74, 6) is -0.0504. The van der Waals surface area contributed by atoms with Crippen molar-refractivity contribution in [2.24, 2.45) is 4.99 Å². The van der Waals surface area contributed by atoms with Crippen LogP contribution in [0.5, 0.6) is 5.75 Å². The molecule has 1 aliphatic heterocycles. The SMILES string of the molecule is CCOC(=O)C1=C(O)/C(=C/c2ccc(OCc3ccccc3Cl)cc2)SC1=Nc1ccccc1. The number of hydrogen-bond donors (Lipinski definition) is 1. The van der Waals surface area contributed by atoms with Crippen molar-refractivity contribution >= 4 is 46.1 Å². The average Bonchev–Trinajstić information content (AvgIpc) is 3.14. The Kier molecular flexibility index (Phi) is 7.72. The van der Waals surface area contributed by atoms with Crippen LogP contribution in [0.25, 0.3) is 6.08 Å². The third kappa shape index (κ3) is 5.71. The number of thioether (sulfide) groups is 1. The number of ether oxygens (including phenoxy) is 2. The predicted octanol–water partition coefficient (Wildman–Crippen LogP) is 7.11. The Bertz CT molecular complexity index is 1270. The molecule has 1 aliphatic rings. The van der Waals surface area contributed by atoms with Crippen molar-refractivity contribution in [1.29, 1.82) is 0 Å². The molecule has 1 heterocycles. The van der Waals surface area contributed by atoms with Crippen LogP contribution in [0.15, 0.2) is 100 Å². The highest BCUT2D eigenvalue weighted by molar-refractivity contribution is 8.18. The summed E-state index contributed by atoms with van der Waals surface area (Å²) in [5.41, 5.74) is 2.50. The Labute approximate surface area is 207 Å². The summed E-state index contributed by atoms with van der Waals surface area (Å²) in [4.78, 5) is 17.6. The van der Waals surface area contributed by atoms with Crippen molar-refractivity contribution in [3.8, 4) is 5.75 Å². The molecule has 3 aromatic rings. The third-order valence-corrected chi connectivity index (χ3v) is 6.28. The standard InChI is InChI=1S/C27H22ClNO4S/c1-2-32-27(31)24-25(30)23(34-26(24)29-20-9-4-3-5-10-20)16-18-12-14-21(15-13-18)33-17-19-8-6-7-11-22(19)28/h3-16,30H,2,17H2,1H3/b23-16-,29-26?. The van der Waals surface area contributed by atoms with Gasteiger partial charge in [0.2, 0.25) is 0 Å². The maximum Gasteiger partial charge on any atom is 0.344 e. The van der Waals surface area contributed by atoms with Crippen LogP contribution in [0.1, 0.15) is 18.1 Å². The van der Waals surface area contributed by atoms with Gasteiger partial charge in [-0.05, 0) is 48.9 Å². The molecule has 0 amide bonds. The molecule has 0 unspecified atom stereocenters. The lowest BCUT2D eigenvalue weighted by atomic mass is 10.1. The van der Waals surface area contributed by atoms with Gasteiger partial charge in [-0.3, -0.25) is 0 Å². The molecule has 0 aliphatic carbocycles. The fraction of sp³-hybridized carbons (Fsp3) is 0.111. The number of aliphatic imine (C=N–C) groups is 1. The van der Waals surface area contributed by atoms with Crippen molar-refractivity contribution in [3.63, 3.8) is 0 Å². The molecule has 0 saturated carbocycles. The summed E-state index contributed by atoms with van der Waals surface area (Å²) in [6.45, 7) is 2.28. The molecule has 4 rings (SSSR count). The Hall–Kier alpha value is -3.48. The number of aliphatic hydroxyl groups excluding tert-OH is 1. The largest absolute Gasteiger partial charge is 0.506 e. The number of rotatable bonds is 7. The molecule has 3 aromatic carbocycles. The van der Waals surface area contributed by atoms with Crippen LogP contribution in [0, 0.1) is 0 Å². The van der Waals surface area contributed by atoms with Crippen LogP contribution < -0.4 is 4.74 Å². The van der Waals surface area contributed by atoms with Crippen LogP contribution in [-0.2, 0) is 16.1 Å². The van der Waals surface area contributed by atoms with E-state index in [2.05, 4.69) is 4.99 Å². The second kappa shape index (κ2) is 11.1. The van der Waals surface area contributed by atoms with Gasteiger partial charge in [0.25, 0.3) is 0 Å². The Morgan fingerprint density at radius 1 is 1.03 bits per heavy atom. The van der Waals surface area contributed by atoms with Crippen molar-refractivity contribution in [2.45, 2.75) is 13.5 Å². The van der Waals surface area contributed by atoms with Gasteiger partial charge in [-0.2, -0.15) is 0 Å². The molecular formula is C27H22ClNO4S. The number of benzene rings is 3. The van der Waals surface area contributed by atoms with Crippen molar-refractivity contribution in [3.05, 3.63) is 111 Å². The van der Waals surface area contributed by atoms with E-state index in [1.165, 1.54) is 11.8 Å². The van der Waals surface area contributed by atoms with E-state index >= 15 is 0 Å². The molecule has 0 saturated heterocycles. The quantitative estimate of drug-likeness (QED) is 0.356. The molecule has 1 N–H and O–H groups in total. The van der Waals surface area contributed by atoms with Crippen LogP contribution in [0.3, 0.4) is 0 Å². The van der Waals surface area contributed by atoms with Crippen LogP contribution in [0.2, 0.25) is 5.02 Å². The second-order valence-electron chi connectivity index (χ2n) is 7.26. The molecule has 172 valence electrons. The number of esters is 1. The Balaban J connectivity index is 1.55. The van der Waals surface area contributed by atoms with Gasteiger partial charge in [0.05, 0.1) is 17.2 Å². The van der Waals surface area contributed by atoms with Crippen LogP contribution in [-0.4, -0.2) is 22.7 Å².